The Hall–Kier alpha value is -3.11. The maximum absolute atomic E-state index is 12.4. The second-order valence-corrected chi connectivity index (χ2v) is 6.59. The zero-order chi connectivity index (χ0) is 20.8. The highest BCUT2D eigenvalue weighted by molar-refractivity contribution is 5.74. The van der Waals surface area contributed by atoms with Crippen molar-refractivity contribution in [3.05, 3.63) is 51.2 Å². The van der Waals surface area contributed by atoms with Gasteiger partial charge in [0.15, 0.2) is 11.2 Å². The number of hydrogen-bond acceptors (Lipinski definition) is 7. The Bertz CT molecular complexity index is 1060. The summed E-state index contributed by atoms with van der Waals surface area (Å²) < 4.78 is 13.5. The first-order valence-corrected chi connectivity index (χ1v) is 9.29. The van der Waals surface area contributed by atoms with E-state index in [-0.39, 0.29) is 24.3 Å². The van der Waals surface area contributed by atoms with E-state index in [1.165, 1.54) is 11.6 Å². The SMILES string of the molecule is COCCCNc1nc2c(c(=O)[nH]c(=O)n2C)n1C[C@H](O)COc1ccccc1. The van der Waals surface area contributed by atoms with Gasteiger partial charge >= 0.3 is 5.69 Å². The molecule has 0 spiro atoms. The van der Waals surface area contributed by atoms with Crippen LogP contribution in [-0.2, 0) is 18.3 Å². The van der Waals surface area contributed by atoms with Crippen molar-refractivity contribution < 1.29 is 14.6 Å². The monoisotopic (exact) mass is 403 g/mol. The second-order valence-electron chi connectivity index (χ2n) is 6.59. The fourth-order valence-corrected chi connectivity index (χ4v) is 2.94. The van der Waals surface area contributed by atoms with Gasteiger partial charge in [-0.3, -0.25) is 14.3 Å². The number of rotatable bonds is 10. The standard InChI is InChI=1S/C19H25N5O5/c1-23-16-15(17(26)22-19(23)27)24(18(21-16)20-9-6-10-28-2)11-13(25)12-29-14-7-4-3-5-8-14/h3-5,7-8,13,25H,6,9-12H2,1-2H3,(H,20,21)(H,22,26,27)/t13-/m0/s1. The number of nitrogens with zero attached hydrogens (tertiary/aromatic N) is 3. The van der Waals surface area contributed by atoms with Crippen molar-refractivity contribution in [2.75, 3.05) is 32.2 Å². The summed E-state index contributed by atoms with van der Waals surface area (Å²) in [5, 5.41) is 13.6. The van der Waals surface area contributed by atoms with Crippen LogP contribution >= 0.6 is 0 Å². The molecule has 2 aromatic heterocycles. The highest BCUT2D eigenvalue weighted by Gasteiger charge is 2.19. The second kappa shape index (κ2) is 9.39. The lowest BCUT2D eigenvalue weighted by Crippen LogP contribution is -2.31. The molecule has 2 heterocycles. The zero-order valence-corrected chi connectivity index (χ0v) is 16.4. The van der Waals surface area contributed by atoms with Crippen molar-refractivity contribution >= 4 is 17.1 Å². The van der Waals surface area contributed by atoms with Gasteiger partial charge in [0, 0.05) is 27.3 Å². The van der Waals surface area contributed by atoms with Crippen LogP contribution in [0.4, 0.5) is 5.95 Å². The molecule has 0 aliphatic rings. The van der Waals surface area contributed by atoms with Gasteiger partial charge in [0.2, 0.25) is 5.95 Å². The molecule has 0 unspecified atom stereocenters. The summed E-state index contributed by atoms with van der Waals surface area (Å²) in [6, 6.07) is 9.14. The van der Waals surface area contributed by atoms with Crippen molar-refractivity contribution in [1.82, 2.24) is 19.1 Å². The number of hydrogen-bond donors (Lipinski definition) is 3. The fraction of sp³-hybridized carbons (Fsp3) is 0.421. The molecule has 0 fully saturated rings. The Morgan fingerprint density at radius 1 is 1.28 bits per heavy atom. The number of aliphatic hydroxyl groups is 1. The van der Waals surface area contributed by atoms with E-state index in [4.69, 9.17) is 9.47 Å². The van der Waals surface area contributed by atoms with Gasteiger partial charge in [0.05, 0.1) is 6.54 Å². The van der Waals surface area contributed by atoms with Crippen molar-refractivity contribution in [2.24, 2.45) is 7.05 Å². The Morgan fingerprint density at radius 3 is 2.76 bits per heavy atom. The normalized spacial score (nSPS) is 12.2. The molecule has 3 rings (SSSR count). The first-order valence-electron chi connectivity index (χ1n) is 9.29. The molecule has 1 atom stereocenters. The van der Waals surface area contributed by atoms with E-state index in [9.17, 15) is 14.7 Å². The van der Waals surface area contributed by atoms with E-state index < -0.39 is 17.4 Å². The average molecular weight is 403 g/mol. The van der Waals surface area contributed by atoms with E-state index in [0.29, 0.717) is 24.8 Å². The fourth-order valence-electron chi connectivity index (χ4n) is 2.94. The molecule has 0 amide bonds. The maximum Gasteiger partial charge on any atom is 0.329 e. The molecule has 3 N–H and O–H groups in total. The van der Waals surface area contributed by atoms with E-state index >= 15 is 0 Å². The smallest absolute Gasteiger partial charge is 0.329 e. The van der Waals surface area contributed by atoms with E-state index in [2.05, 4.69) is 15.3 Å². The first kappa shape index (κ1) is 20.6. The summed E-state index contributed by atoms with van der Waals surface area (Å²) in [4.78, 5) is 31.0. The van der Waals surface area contributed by atoms with Crippen LogP contribution in [0.2, 0.25) is 0 Å². The van der Waals surface area contributed by atoms with E-state index in [1.54, 1.807) is 23.8 Å². The summed E-state index contributed by atoms with van der Waals surface area (Å²) in [5.41, 5.74) is -0.660. The Labute approximate surface area is 166 Å². The molecule has 0 aliphatic carbocycles. The molecule has 0 saturated carbocycles. The van der Waals surface area contributed by atoms with Crippen molar-refractivity contribution in [1.29, 1.82) is 0 Å². The molecule has 156 valence electrons. The minimum atomic E-state index is -0.899. The van der Waals surface area contributed by atoms with Gasteiger partial charge in [-0.25, -0.2) is 4.79 Å². The van der Waals surface area contributed by atoms with Gasteiger partial charge < -0.3 is 24.5 Å². The molecule has 29 heavy (non-hydrogen) atoms. The third-order valence-electron chi connectivity index (χ3n) is 4.39. The largest absolute Gasteiger partial charge is 0.491 e. The number of aryl methyl sites for hydroxylation is 1. The van der Waals surface area contributed by atoms with Crippen LogP contribution in [0.25, 0.3) is 11.2 Å². The number of methoxy groups -OCH3 is 1. The number of nitrogens with one attached hydrogen (secondary N) is 2. The van der Waals surface area contributed by atoms with Crippen LogP contribution < -0.4 is 21.3 Å². The Morgan fingerprint density at radius 2 is 2.03 bits per heavy atom. The maximum atomic E-state index is 12.4. The van der Waals surface area contributed by atoms with Gasteiger partial charge in [0.1, 0.15) is 18.5 Å². The summed E-state index contributed by atoms with van der Waals surface area (Å²) in [6.45, 7) is 1.23. The van der Waals surface area contributed by atoms with Crippen LogP contribution in [0, 0.1) is 0 Å². The quantitative estimate of drug-likeness (QED) is 0.416. The molecular weight excluding hydrogens is 378 g/mol. The Kier molecular flexibility index (Phi) is 6.68. The molecule has 0 bridgehead atoms. The van der Waals surface area contributed by atoms with Crippen molar-refractivity contribution in [3.63, 3.8) is 0 Å². The van der Waals surface area contributed by atoms with Crippen molar-refractivity contribution in [2.45, 2.75) is 19.1 Å². The number of para-hydroxylation sites is 1. The summed E-state index contributed by atoms with van der Waals surface area (Å²) >= 11 is 0. The van der Waals surface area contributed by atoms with Gasteiger partial charge in [-0.05, 0) is 18.6 Å². The highest BCUT2D eigenvalue weighted by atomic mass is 16.5. The number of fused-ring (bicyclic) bond motifs is 1. The third kappa shape index (κ3) is 4.84. The molecule has 0 aliphatic heterocycles. The van der Waals surface area contributed by atoms with E-state index in [1.807, 2.05) is 18.2 Å². The topological polar surface area (TPSA) is 123 Å². The molecule has 0 radical (unpaired) electrons. The number of aromatic amines is 1. The van der Waals surface area contributed by atoms with E-state index in [0.717, 1.165) is 6.42 Å². The average Bonchev–Trinajstić information content (AvgIpc) is 3.07. The zero-order valence-electron chi connectivity index (χ0n) is 16.4. The van der Waals surface area contributed by atoms with Gasteiger partial charge in [-0.15, -0.1) is 0 Å². The number of anilines is 1. The number of H-pyrrole nitrogens is 1. The third-order valence-corrected chi connectivity index (χ3v) is 4.39. The van der Waals surface area contributed by atoms with Gasteiger partial charge in [-0.2, -0.15) is 4.98 Å². The number of imidazole rings is 1. The van der Waals surface area contributed by atoms with Gasteiger partial charge in [0.25, 0.3) is 5.56 Å². The predicted molar refractivity (Wildman–Crippen MR) is 109 cm³/mol. The lowest BCUT2D eigenvalue weighted by Gasteiger charge is -2.16. The molecular formula is C19H25N5O5. The molecule has 10 nitrogen and oxygen atoms in total. The Balaban J connectivity index is 1.85. The lowest BCUT2D eigenvalue weighted by molar-refractivity contribution is 0.0938. The summed E-state index contributed by atoms with van der Waals surface area (Å²) in [6.07, 6.45) is -0.168. The van der Waals surface area contributed by atoms with Crippen molar-refractivity contribution in [3.8, 4) is 5.75 Å². The number of benzene rings is 1. The molecule has 1 aromatic carbocycles. The lowest BCUT2D eigenvalue weighted by atomic mass is 10.3. The summed E-state index contributed by atoms with van der Waals surface area (Å²) in [7, 11) is 3.15. The number of aromatic nitrogens is 4. The number of aliphatic hydroxyl groups excluding tert-OH is 1. The molecule has 0 saturated heterocycles. The first-order chi connectivity index (χ1) is 14.0. The summed E-state index contributed by atoms with van der Waals surface area (Å²) in [5.74, 6) is 1.03. The van der Waals surface area contributed by atoms with Crippen LogP contribution in [-0.4, -0.2) is 57.2 Å². The van der Waals surface area contributed by atoms with Crippen LogP contribution in [0.5, 0.6) is 5.75 Å². The number of ether oxygens (including phenoxy) is 2. The molecule has 3 aromatic rings. The highest BCUT2D eigenvalue weighted by Crippen LogP contribution is 2.17. The minimum absolute atomic E-state index is 0.0382. The van der Waals surface area contributed by atoms with Gasteiger partial charge in [-0.1, -0.05) is 18.2 Å². The minimum Gasteiger partial charge on any atom is -0.491 e. The predicted octanol–water partition coefficient (Wildman–Crippen LogP) is 0.312. The molecule has 10 heteroatoms. The van der Waals surface area contributed by atoms with Crippen LogP contribution in [0.15, 0.2) is 39.9 Å². The van der Waals surface area contributed by atoms with Crippen LogP contribution in [0.3, 0.4) is 0 Å². The van der Waals surface area contributed by atoms with Crippen LogP contribution in [0.1, 0.15) is 6.42 Å².